The lowest BCUT2D eigenvalue weighted by Crippen LogP contribution is -2.06. The zero-order chi connectivity index (χ0) is 14.0. The summed E-state index contributed by atoms with van der Waals surface area (Å²) in [4.78, 5) is 9.25. The van der Waals surface area contributed by atoms with Crippen LogP contribution in [0.2, 0.25) is 0 Å². The maximum atomic E-state index is 4.69. The third-order valence-electron chi connectivity index (χ3n) is 3.15. The van der Waals surface area contributed by atoms with E-state index in [9.17, 15) is 0 Å². The molecule has 0 atom stereocenters. The van der Waals surface area contributed by atoms with Crippen LogP contribution >= 0.6 is 0 Å². The summed E-state index contributed by atoms with van der Waals surface area (Å²) in [5.41, 5.74) is 3.06. The van der Waals surface area contributed by atoms with Gasteiger partial charge in [-0.25, -0.2) is 9.97 Å². The molecule has 0 radical (unpaired) electrons. The maximum Gasteiger partial charge on any atom is 0.133 e. The average molecular weight is 259 g/mol. The number of hydrogen-bond donors (Lipinski definition) is 1. The van der Waals surface area contributed by atoms with Gasteiger partial charge in [-0.1, -0.05) is 13.8 Å². The second kappa shape index (κ2) is 5.38. The summed E-state index contributed by atoms with van der Waals surface area (Å²) in [6, 6.07) is 0. The van der Waals surface area contributed by atoms with E-state index in [1.807, 2.05) is 31.0 Å². The Bertz CT molecular complexity index is 571. The van der Waals surface area contributed by atoms with Gasteiger partial charge in [-0.3, -0.25) is 4.68 Å². The molecule has 2 heterocycles. The fourth-order valence-corrected chi connectivity index (χ4v) is 1.98. The molecule has 19 heavy (non-hydrogen) atoms. The highest BCUT2D eigenvalue weighted by Crippen LogP contribution is 2.27. The van der Waals surface area contributed by atoms with Crippen molar-refractivity contribution in [3.8, 4) is 11.3 Å². The maximum absolute atomic E-state index is 4.69. The minimum atomic E-state index is 0.299. The first kappa shape index (κ1) is 13.5. The van der Waals surface area contributed by atoms with Gasteiger partial charge in [0.15, 0.2) is 0 Å². The number of aryl methyl sites for hydroxylation is 1. The van der Waals surface area contributed by atoms with E-state index in [4.69, 9.17) is 4.98 Å². The molecule has 0 aromatic carbocycles. The van der Waals surface area contributed by atoms with Crippen LogP contribution in [0.5, 0.6) is 0 Å². The fourth-order valence-electron chi connectivity index (χ4n) is 1.98. The molecule has 0 aliphatic rings. The summed E-state index contributed by atoms with van der Waals surface area (Å²) < 4.78 is 1.91. The van der Waals surface area contributed by atoms with E-state index in [1.165, 1.54) is 0 Å². The fraction of sp³-hybridized carbons (Fsp3) is 0.500. The van der Waals surface area contributed by atoms with Crippen LogP contribution < -0.4 is 5.32 Å². The smallest absolute Gasteiger partial charge is 0.133 e. The van der Waals surface area contributed by atoms with Gasteiger partial charge in [0.1, 0.15) is 11.6 Å². The van der Waals surface area contributed by atoms with E-state index >= 15 is 0 Å². The number of hydrogen-bond acceptors (Lipinski definition) is 4. The van der Waals surface area contributed by atoms with Crippen LogP contribution in [0, 0.1) is 6.92 Å². The third kappa shape index (κ3) is 2.59. The summed E-state index contributed by atoms with van der Waals surface area (Å²) in [7, 11) is 1.89. The highest BCUT2D eigenvalue weighted by atomic mass is 15.3. The Balaban J connectivity index is 2.57. The number of nitrogens with one attached hydrogen (secondary N) is 1. The zero-order valence-corrected chi connectivity index (χ0v) is 12.2. The highest BCUT2D eigenvalue weighted by Gasteiger charge is 2.14. The molecule has 0 aliphatic heterocycles. The van der Waals surface area contributed by atoms with Crippen molar-refractivity contribution in [2.45, 2.75) is 40.2 Å². The van der Waals surface area contributed by atoms with Crippen LogP contribution in [-0.4, -0.2) is 26.8 Å². The van der Waals surface area contributed by atoms with Gasteiger partial charge in [0.25, 0.3) is 0 Å². The summed E-state index contributed by atoms with van der Waals surface area (Å²) in [6.45, 7) is 9.17. The SMILES string of the molecule is CCn1cc(-c2nc(C(C)C)nc(NC)c2C)cn1. The first-order valence-corrected chi connectivity index (χ1v) is 6.65. The summed E-state index contributed by atoms with van der Waals surface area (Å²) >= 11 is 0. The number of rotatable bonds is 4. The first-order valence-electron chi connectivity index (χ1n) is 6.65. The van der Waals surface area contributed by atoms with Gasteiger partial charge in [0.2, 0.25) is 0 Å². The van der Waals surface area contributed by atoms with Gasteiger partial charge >= 0.3 is 0 Å². The predicted octanol–water partition coefficient (Wildman–Crippen LogP) is 2.83. The molecule has 0 unspecified atom stereocenters. The molecule has 2 aromatic heterocycles. The van der Waals surface area contributed by atoms with Crippen molar-refractivity contribution < 1.29 is 0 Å². The van der Waals surface area contributed by atoms with Crippen molar-refractivity contribution in [2.24, 2.45) is 0 Å². The molecule has 0 saturated carbocycles. The van der Waals surface area contributed by atoms with E-state index in [2.05, 4.69) is 36.2 Å². The van der Waals surface area contributed by atoms with Crippen molar-refractivity contribution in [3.63, 3.8) is 0 Å². The molecule has 0 aliphatic carbocycles. The van der Waals surface area contributed by atoms with Crippen molar-refractivity contribution in [1.29, 1.82) is 0 Å². The van der Waals surface area contributed by atoms with Crippen LogP contribution in [0.4, 0.5) is 5.82 Å². The largest absolute Gasteiger partial charge is 0.373 e. The molecule has 0 amide bonds. The quantitative estimate of drug-likeness (QED) is 0.917. The van der Waals surface area contributed by atoms with Crippen LogP contribution in [0.3, 0.4) is 0 Å². The topological polar surface area (TPSA) is 55.6 Å². The highest BCUT2D eigenvalue weighted by molar-refractivity contribution is 5.67. The van der Waals surface area contributed by atoms with Gasteiger partial charge in [-0.05, 0) is 13.8 Å². The molecule has 2 rings (SSSR count). The Morgan fingerprint density at radius 2 is 2.05 bits per heavy atom. The summed E-state index contributed by atoms with van der Waals surface area (Å²) in [5.74, 6) is 2.04. The van der Waals surface area contributed by atoms with Crippen molar-refractivity contribution in [3.05, 3.63) is 23.8 Å². The molecule has 0 fully saturated rings. The lowest BCUT2D eigenvalue weighted by Gasteiger charge is -2.12. The monoisotopic (exact) mass is 259 g/mol. The van der Waals surface area contributed by atoms with Crippen molar-refractivity contribution in [1.82, 2.24) is 19.7 Å². The normalized spacial score (nSPS) is 11.1. The number of nitrogens with zero attached hydrogens (tertiary/aromatic N) is 4. The Morgan fingerprint density at radius 3 is 2.58 bits per heavy atom. The minimum Gasteiger partial charge on any atom is -0.373 e. The molecule has 0 bridgehead atoms. The van der Waals surface area contributed by atoms with Crippen LogP contribution in [-0.2, 0) is 6.54 Å². The molecule has 2 aromatic rings. The Morgan fingerprint density at radius 1 is 1.32 bits per heavy atom. The molecular formula is C14H21N5. The molecule has 0 saturated heterocycles. The van der Waals surface area contributed by atoms with E-state index in [-0.39, 0.29) is 0 Å². The molecule has 1 N–H and O–H groups in total. The molecular weight excluding hydrogens is 238 g/mol. The lowest BCUT2D eigenvalue weighted by molar-refractivity contribution is 0.660. The second-order valence-electron chi connectivity index (χ2n) is 4.89. The standard InChI is InChI=1S/C14H21N5/c1-6-19-8-11(7-16-19)12-10(4)14(15-5)18-13(17-12)9(2)3/h7-9H,6H2,1-5H3,(H,15,17,18). The van der Waals surface area contributed by atoms with Crippen LogP contribution in [0.1, 0.15) is 38.1 Å². The summed E-state index contributed by atoms with van der Waals surface area (Å²) in [5, 5.41) is 7.46. The average Bonchev–Trinajstić information content (AvgIpc) is 2.87. The predicted molar refractivity (Wildman–Crippen MR) is 77.3 cm³/mol. The Hall–Kier alpha value is -1.91. The van der Waals surface area contributed by atoms with E-state index in [0.29, 0.717) is 5.92 Å². The lowest BCUT2D eigenvalue weighted by atomic mass is 10.1. The molecule has 0 spiro atoms. The summed E-state index contributed by atoms with van der Waals surface area (Å²) in [6.07, 6.45) is 3.89. The Labute approximate surface area is 114 Å². The van der Waals surface area contributed by atoms with Gasteiger partial charge < -0.3 is 5.32 Å². The second-order valence-corrected chi connectivity index (χ2v) is 4.89. The van der Waals surface area contributed by atoms with Crippen LogP contribution in [0.15, 0.2) is 12.4 Å². The van der Waals surface area contributed by atoms with Gasteiger partial charge in [0, 0.05) is 36.8 Å². The van der Waals surface area contributed by atoms with Crippen molar-refractivity contribution in [2.75, 3.05) is 12.4 Å². The van der Waals surface area contributed by atoms with E-state index in [0.717, 1.165) is 35.0 Å². The molecule has 102 valence electrons. The number of anilines is 1. The number of aromatic nitrogens is 4. The minimum absolute atomic E-state index is 0.299. The van der Waals surface area contributed by atoms with Gasteiger partial charge in [-0.2, -0.15) is 5.10 Å². The van der Waals surface area contributed by atoms with E-state index in [1.54, 1.807) is 0 Å². The van der Waals surface area contributed by atoms with Crippen LogP contribution in [0.25, 0.3) is 11.3 Å². The molecule has 5 nitrogen and oxygen atoms in total. The van der Waals surface area contributed by atoms with Gasteiger partial charge in [0.05, 0.1) is 11.9 Å². The van der Waals surface area contributed by atoms with Gasteiger partial charge in [-0.15, -0.1) is 0 Å². The van der Waals surface area contributed by atoms with Crippen molar-refractivity contribution >= 4 is 5.82 Å². The zero-order valence-electron chi connectivity index (χ0n) is 12.2. The third-order valence-corrected chi connectivity index (χ3v) is 3.15. The first-order chi connectivity index (χ1) is 9.06. The Kier molecular flexibility index (Phi) is 3.83. The van der Waals surface area contributed by atoms with E-state index < -0.39 is 0 Å². The molecule has 5 heteroatoms.